The first-order chi connectivity index (χ1) is 11.9. The second-order valence-electron chi connectivity index (χ2n) is 5.64. The van der Waals surface area contributed by atoms with Crippen LogP contribution in [0.1, 0.15) is 22.8 Å². The fraction of sp³-hybridized carbons (Fsp3) is 0.167. The van der Waals surface area contributed by atoms with E-state index in [9.17, 15) is 9.59 Å². The van der Waals surface area contributed by atoms with Crippen LogP contribution in [0.3, 0.4) is 0 Å². The molecule has 6 nitrogen and oxygen atoms in total. The highest BCUT2D eigenvalue weighted by Gasteiger charge is 2.19. The highest BCUT2D eigenvalue weighted by atomic mass is 32.1. The molecule has 2 aromatic carbocycles. The van der Waals surface area contributed by atoms with Gasteiger partial charge in [-0.1, -0.05) is 29.0 Å². The number of anilines is 2. The van der Waals surface area contributed by atoms with Crippen molar-refractivity contribution in [3.8, 4) is 0 Å². The SMILES string of the molecule is Cc1ccc(NC(=O)[C@@H](C)OC(=O)c2ccc3nc(N)sc3c2)cc1. The Hall–Kier alpha value is -2.93. The van der Waals surface area contributed by atoms with Crippen molar-refractivity contribution in [2.24, 2.45) is 0 Å². The van der Waals surface area contributed by atoms with E-state index in [0.717, 1.165) is 15.8 Å². The van der Waals surface area contributed by atoms with E-state index in [2.05, 4.69) is 10.3 Å². The molecule has 0 bridgehead atoms. The summed E-state index contributed by atoms with van der Waals surface area (Å²) in [5, 5.41) is 3.15. The molecule has 3 rings (SSSR count). The number of thiazole rings is 1. The van der Waals surface area contributed by atoms with Gasteiger partial charge in [0, 0.05) is 5.69 Å². The third kappa shape index (κ3) is 3.95. The van der Waals surface area contributed by atoms with Crippen LogP contribution in [0.2, 0.25) is 0 Å². The molecule has 25 heavy (non-hydrogen) atoms. The Morgan fingerprint density at radius 2 is 1.92 bits per heavy atom. The summed E-state index contributed by atoms with van der Waals surface area (Å²) in [6.07, 6.45) is -0.920. The first-order valence-corrected chi connectivity index (χ1v) is 8.48. The molecule has 0 saturated carbocycles. The van der Waals surface area contributed by atoms with E-state index in [0.29, 0.717) is 16.4 Å². The number of benzene rings is 2. The number of nitrogens with one attached hydrogen (secondary N) is 1. The van der Waals surface area contributed by atoms with Crippen LogP contribution in [-0.2, 0) is 9.53 Å². The Morgan fingerprint density at radius 1 is 1.20 bits per heavy atom. The van der Waals surface area contributed by atoms with E-state index in [1.54, 1.807) is 30.3 Å². The van der Waals surface area contributed by atoms with Gasteiger partial charge < -0.3 is 15.8 Å². The molecule has 0 spiro atoms. The van der Waals surface area contributed by atoms with Gasteiger partial charge in [0.05, 0.1) is 15.8 Å². The zero-order chi connectivity index (χ0) is 18.0. The summed E-state index contributed by atoms with van der Waals surface area (Å²) in [4.78, 5) is 28.6. The van der Waals surface area contributed by atoms with Crippen molar-refractivity contribution >= 4 is 44.2 Å². The minimum Gasteiger partial charge on any atom is -0.449 e. The number of ether oxygens (including phenoxy) is 1. The largest absolute Gasteiger partial charge is 0.449 e. The first kappa shape index (κ1) is 16.9. The van der Waals surface area contributed by atoms with Gasteiger partial charge in [-0.3, -0.25) is 4.79 Å². The Morgan fingerprint density at radius 3 is 2.64 bits per heavy atom. The highest BCUT2D eigenvalue weighted by Crippen LogP contribution is 2.25. The number of aromatic nitrogens is 1. The Bertz CT molecular complexity index is 934. The van der Waals surface area contributed by atoms with E-state index in [-0.39, 0.29) is 5.91 Å². The number of aryl methyl sites for hydroxylation is 1. The molecule has 1 aromatic heterocycles. The molecule has 3 aromatic rings. The Labute approximate surface area is 148 Å². The second kappa shape index (κ2) is 6.90. The van der Waals surface area contributed by atoms with E-state index in [1.807, 2.05) is 19.1 Å². The normalized spacial score (nSPS) is 11.9. The highest BCUT2D eigenvalue weighted by molar-refractivity contribution is 7.22. The molecular weight excluding hydrogens is 338 g/mol. The fourth-order valence-electron chi connectivity index (χ4n) is 2.23. The minimum atomic E-state index is -0.920. The predicted molar refractivity (Wildman–Crippen MR) is 98.7 cm³/mol. The van der Waals surface area contributed by atoms with Gasteiger partial charge in [0.2, 0.25) is 0 Å². The van der Waals surface area contributed by atoms with Crippen molar-refractivity contribution in [3.05, 3.63) is 53.6 Å². The van der Waals surface area contributed by atoms with Crippen LogP contribution in [-0.4, -0.2) is 23.0 Å². The van der Waals surface area contributed by atoms with Crippen LogP contribution >= 0.6 is 11.3 Å². The van der Waals surface area contributed by atoms with Gasteiger partial charge in [-0.2, -0.15) is 0 Å². The molecule has 1 amide bonds. The monoisotopic (exact) mass is 355 g/mol. The molecule has 0 saturated heterocycles. The van der Waals surface area contributed by atoms with Crippen molar-refractivity contribution in [1.82, 2.24) is 4.98 Å². The number of amides is 1. The molecule has 7 heteroatoms. The van der Waals surface area contributed by atoms with Crippen molar-refractivity contribution < 1.29 is 14.3 Å². The average Bonchev–Trinajstić information content (AvgIpc) is 2.95. The second-order valence-corrected chi connectivity index (χ2v) is 6.70. The van der Waals surface area contributed by atoms with Gasteiger partial charge in [-0.05, 0) is 44.2 Å². The van der Waals surface area contributed by atoms with Gasteiger partial charge in [-0.25, -0.2) is 9.78 Å². The lowest BCUT2D eigenvalue weighted by molar-refractivity contribution is -0.123. The standard InChI is InChI=1S/C18H17N3O3S/c1-10-3-6-13(7-4-10)20-16(22)11(2)24-17(23)12-5-8-14-15(9-12)25-18(19)21-14/h3-9,11H,1-2H3,(H2,19,21)(H,20,22)/t11-/m1/s1. The van der Waals surface area contributed by atoms with Crippen LogP contribution in [0.5, 0.6) is 0 Å². The van der Waals surface area contributed by atoms with Crippen LogP contribution < -0.4 is 11.1 Å². The van der Waals surface area contributed by atoms with Gasteiger partial charge in [-0.15, -0.1) is 0 Å². The summed E-state index contributed by atoms with van der Waals surface area (Å²) in [5.41, 5.74) is 8.48. The Kier molecular flexibility index (Phi) is 4.67. The fourth-order valence-corrected chi connectivity index (χ4v) is 3.01. The number of hydrogen-bond acceptors (Lipinski definition) is 6. The first-order valence-electron chi connectivity index (χ1n) is 7.67. The van der Waals surface area contributed by atoms with Gasteiger partial charge in [0.25, 0.3) is 5.91 Å². The van der Waals surface area contributed by atoms with Crippen molar-refractivity contribution in [1.29, 1.82) is 0 Å². The summed E-state index contributed by atoms with van der Waals surface area (Å²) in [5.74, 6) is -0.958. The number of nitrogens with two attached hydrogens (primary N) is 1. The van der Waals surface area contributed by atoms with Crippen molar-refractivity contribution in [3.63, 3.8) is 0 Å². The maximum absolute atomic E-state index is 12.3. The summed E-state index contributed by atoms with van der Waals surface area (Å²) >= 11 is 1.29. The molecular formula is C18H17N3O3S. The smallest absolute Gasteiger partial charge is 0.338 e. The molecule has 0 unspecified atom stereocenters. The molecule has 0 fully saturated rings. The summed E-state index contributed by atoms with van der Waals surface area (Å²) in [6.45, 7) is 3.49. The number of nitrogen functional groups attached to an aromatic ring is 1. The van der Waals surface area contributed by atoms with E-state index >= 15 is 0 Å². The predicted octanol–water partition coefficient (Wildman–Crippen LogP) is 3.37. The zero-order valence-electron chi connectivity index (χ0n) is 13.8. The summed E-state index contributed by atoms with van der Waals surface area (Å²) in [6, 6.07) is 12.3. The lowest BCUT2D eigenvalue weighted by Gasteiger charge is -2.13. The number of esters is 1. The van der Waals surface area contributed by atoms with Gasteiger partial charge in [0.1, 0.15) is 0 Å². The number of fused-ring (bicyclic) bond motifs is 1. The number of carbonyl (C=O) groups is 2. The molecule has 3 N–H and O–H groups in total. The van der Waals surface area contributed by atoms with E-state index < -0.39 is 12.1 Å². The van der Waals surface area contributed by atoms with E-state index in [4.69, 9.17) is 10.5 Å². The lowest BCUT2D eigenvalue weighted by atomic mass is 10.2. The van der Waals surface area contributed by atoms with E-state index in [1.165, 1.54) is 18.3 Å². The minimum absolute atomic E-state index is 0.353. The average molecular weight is 355 g/mol. The molecule has 0 aliphatic rings. The molecule has 0 aliphatic heterocycles. The third-order valence-corrected chi connectivity index (χ3v) is 4.46. The molecule has 0 radical (unpaired) electrons. The number of carbonyl (C=O) groups excluding carboxylic acids is 2. The van der Waals surface area contributed by atoms with Crippen molar-refractivity contribution in [2.75, 3.05) is 11.1 Å². The van der Waals surface area contributed by atoms with Crippen LogP contribution in [0.25, 0.3) is 10.2 Å². The number of rotatable bonds is 4. The summed E-state index contributed by atoms with van der Waals surface area (Å²) in [7, 11) is 0. The maximum Gasteiger partial charge on any atom is 0.338 e. The molecule has 128 valence electrons. The number of hydrogen-bond donors (Lipinski definition) is 2. The van der Waals surface area contributed by atoms with Gasteiger partial charge >= 0.3 is 5.97 Å². The van der Waals surface area contributed by atoms with Crippen molar-refractivity contribution in [2.45, 2.75) is 20.0 Å². The van der Waals surface area contributed by atoms with Crippen LogP contribution in [0.15, 0.2) is 42.5 Å². The van der Waals surface area contributed by atoms with Gasteiger partial charge in [0.15, 0.2) is 11.2 Å². The Balaban J connectivity index is 1.65. The molecule has 1 heterocycles. The number of nitrogens with zero attached hydrogens (tertiary/aromatic N) is 1. The van der Waals surface area contributed by atoms with Crippen LogP contribution in [0.4, 0.5) is 10.8 Å². The lowest BCUT2D eigenvalue weighted by Crippen LogP contribution is -2.30. The van der Waals surface area contributed by atoms with Crippen LogP contribution in [0, 0.1) is 6.92 Å². The quantitative estimate of drug-likeness (QED) is 0.700. The zero-order valence-corrected chi connectivity index (χ0v) is 14.6. The molecule has 0 aliphatic carbocycles. The summed E-state index contributed by atoms with van der Waals surface area (Å²) < 4.78 is 6.05. The topological polar surface area (TPSA) is 94.3 Å². The third-order valence-electron chi connectivity index (χ3n) is 3.61. The maximum atomic E-state index is 12.3. The molecule has 1 atom stereocenters.